The molecule has 1 N–H and O–H groups in total. The lowest BCUT2D eigenvalue weighted by Crippen LogP contribution is -2.40. The van der Waals surface area contributed by atoms with E-state index in [1.54, 1.807) is 18.4 Å². The van der Waals surface area contributed by atoms with Crippen LogP contribution in [0.3, 0.4) is 0 Å². The van der Waals surface area contributed by atoms with E-state index in [0.717, 1.165) is 29.8 Å². The van der Waals surface area contributed by atoms with Crippen LogP contribution in [0.4, 0.5) is 0 Å². The maximum atomic E-state index is 5.67. The maximum absolute atomic E-state index is 5.67. The monoisotopic (exact) mass is 332 g/mol. The summed E-state index contributed by atoms with van der Waals surface area (Å²) in [6.45, 7) is 4.76. The first-order valence-electron chi connectivity index (χ1n) is 7.63. The summed E-state index contributed by atoms with van der Waals surface area (Å²) in [6.07, 6.45) is 0. The van der Waals surface area contributed by atoms with Gasteiger partial charge in [-0.25, -0.2) is 4.98 Å². The van der Waals surface area contributed by atoms with Gasteiger partial charge in [0.15, 0.2) is 5.96 Å². The quantitative estimate of drug-likeness (QED) is 0.481. The molecule has 1 aromatic heterocycles. The molecule has 0 spiro atoms. The van der Waals surface area contributed by atoms with Crippen molar-refractivity contribution in [1.82, 2.24) is 15.2 Å². The molecule has 0 amide bonds. The van der Waals surface area contributed by atoms with Gasteiger partial charge in [-0.3, -0.25) is 4.99 Å². The van der Waals surface area contributed by atoms with Crippen LogP contribution >= 0.6 is 11.3 Å². The van der Waals surface area contributed by atoms with E-state index in [0.29, 0.717) is 13.2 Å². The molecule has 0 unspecified atom stereocenters. The summed E-state index contributed by atoms with van der Waals surface area (Å²) < 4.78 is 5.67. The predicted molar refractivity (Wildman–Crippen MR) is 95.8 cm³/mol. The average molecular weight is 332 g/mol. The fraction of sp³-hybridized carbons (Fsp3) is 0.412. The molecule has 0 atom stereocenters. The number of thiazole rings is 1. The van der Waals surface area contributed by atoms with E-state index in [9.17, 15) is 0 Å². The van der Waals surface area contributed by atoms with Crippen molar-refractivity contribution in [1.29, 1.82) is 0 Å². The number of aromatic nitrogens is 1. The van der Waals surface area contributed by atoms with Crippen molar-refractivity contribution < 1.29 is 4.74 Å². The molecular formula is C17H24N4OS. The zero-order valence-corrected chi connectivity index (χ0v) is 14.8. The van der Waals surface area contributed by atoms with Gasteiger partial charge in [-0.15, -0.1) is 11.3 Å². The van der Waals surface area contributed by atoms with Gasteiger partial charge in [-0.05, 0) is 12.5 Å². The molecule has 0 aliphatic rings. The first kappa shape index (κ1) is 17.4. The summed E-state index contributed by atoms with van der Waals surface area (Å²) in [7, 11) is 3.80. The van der Waals surface area contributed by atoms with Crippen molar-refractivity contribution >= 4 is 17.3 Å². The standard InChI is InChI=1S/C17H24N4OS/c1-14-20-16(13-23-14)11-21(3)17(18-2)19-9-10-22-12-15-7-5-4-6-8-15/h4-8,13H,9-12H2,1-3H3,(H,18,19). The number of hydrogen-bond donors (Lipinski definition) is 1. The number of aliphatic imine (C=N–C) groups is 1. The molecule has 0 fully saturated rings. The number of nitrogens with zero attached hydrogens (tertiary/aromatic N) is 3. The van der Waals surface area contributed by atoms with Crippen LogP contribution < -0.4 is 5.32 Å². The zero-order valence-electron chi connectivity index (χ0n) is 14.0. The molecule has 1 aromatic carbocycles. The second-order valence-corrected chi connectivity index (χ2v) is 6.29. The zero-order chi connectivity index (χ0) is 16.5. The fourth-order valence-electron chi connectivity index (χ4n) is 2.18. The SMILES string of the molecule is CN=C(NCCOCc1ccccc1)N(C)Cc1csc(C)n1. The minimum Gasteiger partial charge on any atom is -0.375 e. The molecule has 5 nitrogen and oxygen atoms in total. The highest BCUT2D eigenvalue weighted by Crippen LogP contribution is 2.09. The second-order valence-electron chi connectivity index (χ2n) is 5.23. The smallest absolute Gasteiger partial charge is 0.193 e. The number of guanidine groups is 1. The number of rotatable bonds is 7. The fourth-order valence-corrected chi connectivity index (χ4v) is 2.79. The van der Waals surface area contributed by atoms with Crippen molar-refractivity contribution in [2.45, 2.75) is 20.1 Å². The Labute approximate surface area is 142 Å². The molecule has 0 bridgehead atoms. The Bertz CT molecular complexity index is 612. The molecule has 0 saturated heterocycles. The van der Waals surface area contributed by atoms with Gasteiger partial charge in [0.1, 0.15) is 0 Å². The van der Waals surface area contributed by atoms with Crippen LogP contribution in [0.2, 0.25) is 0 Å². The highest BCUT2D eigenvalue weighted by Gasteiger charge is 2.08. The number of benzene rings is 1. The largest absolute Gasteiger partial charge is 0.375 e. The van der Waals surface area contributed by atoms with E-state index in [-0.39, 0.29) is 0 Å². The van der Waals surface area contributed by atoms with Crippen molar-refractivity contribution in [3.05, 3.63) is 52.0 Å². The molecule has 6 heteroatoms. The van der Waals surface area contributed by atoms with Gasteiger partial charge in [-0.2, -0.15) is 0 Å². The lowest BCUT2D eigenvalue weighted by atomic mass is 10.2. The van der Waals surface area contributed by atoms with Gasteiger partial charge < -0.3 is 15.0 Å². The summed E-state index contributed by atoms with van der Waals surface area (Å²) in [5.74, 6) is 0.846. The molecule has 23 heavy (non-hydrogen) atoms. The summed E-state index contributed by atoms with van der Waals surface area (Å²) in [6, 6.07) is 10.2. The lowest BCUT2D eigenvalue weighted by Gasteiger charge is -2.21. The second kappa shape index (κ2) is 9.27. The summed E-state index contributed by atoms with van der Waals surface area (Å²) in [5, 5.41) is 6.48. The van der Waals surface area contributed by atoms with E-state index in [1.807, 2.05) is 32.2 Å². The van der Waals surface area contributed by atoms with Crippen LogP contribution in [-0.4, -0.2) is 43.1 Å². The van der Waals surface area contributed by atoms with E-state index in [4.69, 9.17) is 4.74 Å². The van der Waals surface area contributed by atoms with Crippen LogP contribution in [-0.2, 0) is 17.9 Å². The van der Waals surface area contributed by atoms with Gasteiger partial charge in [0.05, 0.1) is 30.5 Å². The highest BCUT2D eigenvalue weighted by molar-refractivity contribution is 7.09. The predicted octanol–water partition coefficient (Wildman–Crippen LogP) is 2.68. The number of aryl methyl sites for hydroxylation is 1. The average Bonchev–Trinajstić information content (AvgIpc) is 2.96. The van der Waals surface area contributed by atoms with Crippen molar-refractivity contribution in [3.8, 4) is 0 Å². The summed E-state index contributed by atoms with van der Waals surface area (Å²) in [5.41, 5.74) is 2.26. The molecule has 0 radical (unpaired) electrons. The third-order valence-electron chi connectivity index (χ3n) is 3.28. The Morgan fingerprint density at radius 2 is 2.13 bits per heavy atom. The Morgan fingerprint density at radius 1 is 1.35 bits per heavy atom. The van der Waals surface area contributed by atoms with Gasteiger partial charge in [0.25, 0.3) is 0 Å². The van der Waals surface area contributed by atoms with E-state index in [1.165, 1.54) is 5.56 Å². The van der Waals surface area contributed by atoms with Crippen LogP contribution in [0.15, 0.2) is 40.7 Å². The maximum Gasteiger partial charge on any atom is 0.193 e. The van der Waals surface area contributed by atoms with Gasteiger partial charge in [0, 0.05) is 26.0 Å². The van der Waals surface area contributed by atoms with Crippen molar-refractivity contribution in [2.24, 2.45) is 4.99 Å². The van der Waals surface area contributed by atoms with Gasteiger partial charge in [-0.1, -0.05) is 30.3 Å². The highest BCUT2D eigenvalue weighted by atomic mass is 32.1. The molecule has 1 heterocycles. The Kier molecular flexibility index (Phi) is 7.03. The first-order valence-corrected chi connectivity index (χ1v) is 8.51. The summed E-state index contributed by atoms with van der Waals surface area (Å²) in [4.78, 5) is 10.8. The topological polar surface area (TPSA) is 49.8 Å². The number of nitrogens with one attached hydrogen (secondary N) is 1. The van der Waals surface area contributed by atoms with Crippen LogP contribution in [0.1, 0.15) is 16.3 Å². The van der Waals surface area contributed by atoms with Gasteiger partial charge in [0.2, 0.25) is 0 Å². The molecule has 0 aliphatic carbocycles. The number of ether oxygens (including phenoxy) is 1. The van der Waals surface area contributed by atoms with E-state index in [2.05, 4.69) is 37.7 Å². The minimum absolute atomic E-state index is 0.634. The number of hydrogen-bond acceptors (Lipinski definition) is 4. The van der Waals surface area contributed by atoms with Crippen LogP contribution in [0.25, 0.3) is 0 Å². The molecule has 124 valence electrons. The Balaban J connectivity index is 1.68. The minimum atomic E-state index is 0.634. The molecular weight excluding hydrogens is 308 g/mol. The van der Waals surface area contributed by atoms with Crippen LogP contribution in [0.5, 0.6) is 0 Å². The van der Waals surface area contributed by atoms with E-state index >= 15 is 0 Å². The molecule has 0 saturated carbocycles. The third-order valence-corrected chi connectivity index (χ3v) is 4.10. The van der Waals surface area contributed by atoms with Crippen LogP contribution in [0, 0.1) is 6.92 Å². The van der Waals surface area contributed by atoms with E-state index < -0.39 is 0 Å². The normalized spacial score (nSPS) is 11.5. The summed E-state index contributed by atoms with van der Waals surface area (Å²) >= 11 is 1.67. The molecule has 0 aliphatic heterocycles. The third kappa shape index (κ3) is 6.00. The van der Waals surface area contributed by atoms with Crippen molar-refractivity contribution in [2.75, 3.05) is 27.2 Å². The Hall–Kier alpha value is -1.92. The van der Waals surface area contributed by atoms with Gasteiger partial charge >= 0.3 is 0 Å². The van der Waals surface area contributed by atoms with Crippen molar-refractivity contribution in [3.63, 3.8) is 0 Å². The lowest BCUT2D eigenvalue weighted by molar-refractivity contribution is 0.125. The Morgan fingerprint density at radius 3 is 2.78 bits per heavy atom. The first-order chi connectivity index (χ1) is 11.2. The molecule has 2 rings (SSSR count). The molecule has 2 aromatic rings.